The van der Waals surface area contributed by atoms with Crippen LogP contribution in [0.2, 0.25) is 0 Å². The largest absolute Gasteiger partial charge is 0.465 e. The second kappa shape index (κ2) is 4.67. The third-order valence-electron chi connectivity index (χ3n) is 4.56. The van der Waals surface area contributed by atoms with Gasteiger partial charge in [-0.05, 0) is 43.9 Å². The zero-order chi connectivity index (χ0) is 13.4. The summed E-state index contributed by atoms with van der Waals surface area (Å²) >= 11 is 0. The Morgan fingerprint density at radius 1 is 1.22 bits per heavy atom. The average Bonchev–Trinajstić information content (AvgIpc) is 2.12. The van der Waals surface area contributed by atoms with E-state index >= 15 is 0 Å². The maximum Gasteiger partial charge on any atom is 0.319 e. The summed E-state index contributed by atoms with van der Waals surface area (Å²) in [5.41, 5.74) is -0.486. The first-order valence-electron chi connectivity index (χ1n) is 7.15. The lowest BCUT2D eigenvalue weighted by molar-refractivity contribution is -0.185. The van der Waals surface area contributed by atoms with E-state index in [4.69, 9.17) is 4.74 Å². The maximum absolute atomic E-state index is 12.4. The van der Waals surface area contributed by atoms with Crippen LogP contribution in [0.25, 0.3) is 0 Å². The molecule has 0 aliphatic heterocycles. The van der Waals surface area contributed by atoms with Crippen molar-refractivity contribution >= 4 is 11.8 Å². The third kappa shape index (κ3) is 2.08. The van der Waals surface area contributed by atoms with E-state index in [1.54, 1.807) is 6.92 Å². The van der Waals surface area contributed by atoms with Crippen LogP contribution in [0.4, 0.5) is 0 Å². The number of hydrogen-bond donors (Lipinski definition) is 0. The first-order chi connectivity index (χ1) is 8.44. The van der Waals surface area contributed by atoms with Gasteiger partial charge in [0.25, 0.3) is 0 Å². The molecule has 3 nitrogen and oxygen atoms in total. The van der Waals surface area contributed by atoms with Crippen LogP contribution in [-0.4, -0.2) is 18.4 Å². The van der Waals surface area contributed by atoms with Gasteiger partial charge < -0.3 is 4.74 Å². The predicted molar refractivity (Wildman–Crippen MR) is 69.0 cm³/mol. The molecule has 0 unspecified atom stereocenters. The van der Waals surface area contributed by atoms with Crippen LogP contribution in [0.15, 0.2) is 0 Å². The molecule has 2 aliphatic rings. The standard InChI is InChI=1S/C15H24O3/c1-4-18-13(17)15(12(16)8-11(2)3)9-14(10-15)6-5-7-14/h11H,4-10H2,1-3H3. The third-order valence-corrected chi connectivity index (χ3v) is 4.56. The molecule has 0 heterocycles. The molecule has 0 radical (unpaired) electrons. The lowest BCUT2D eigenvalue weighted by Gasteiger charge is -2.58. The fourth-order valence-electron chi connectivity index (χ4n) is 3.55. The molecule has 0 bridgehead atoms. The van der Waals surface area contributed by atoms with Gasteiger partial charge in [0.05, 0.1) is 6.61 Å². The maximum atomic E-state index is 12.4. The van der Waals surface area contributed by atoms with Crippen LogP contribution < -0.4 is 0 Å². The smallest absolute Gasteiger partial charge is 0.319 e. The fraction of sp³-hybridized carbons (Fsp3) is 0.867. The van der Waals surface area contributed by atoms with E-state index in [1.165, 1.54) is 19.3 Å². The van der Waals surface area contributed by atoms with Gasteiger partial charge in [-0.15, -0.1) is 0 Å². The van der Waals surface area contributed by atoms with Gasteiger partial charge in [-0.3, -0.25) is 9.59 Å². The van der Waals surface area contributed by atoms with Gasteiger partial charge >= 0.3 is 5.97 Å². The lowest BCUT2D eigenvalue weighted by Crippen LogP contribution is -2.59. The number of Topliss-reactive ketones (excluding diaryl/α,β-unsaturated/α-hetero) is 1. The number of ketones is 1. The minimum absolute atomic E-state index is 0.105. The predicted octanol–water partition coefficient (Wildman–Crippen LogP) is 3.12. The molecule has 0 aromatic heterocycles. The van der Waals surface area contributed by atoms with E-state index in [0.29, 0.717) is 24.4 Å². The van der Waals surface area contributed by atoms with Gasteiger partial charge in [-0.2, -0.15) is 0 Å². The monoisotopic (exact) mass is 252 g/mol. The van der Waals surface area contributed by atoms with E-state index in [-0.39, 0.29) is 11.8 Å². The van der Waals surface area contributed by atoms with Crippen molar-refractivity contribution in [3.63, 3.8) is 0 Å². The summed E-state index contributed by atoms with van der Waals surface area (Å²) in [7, 11) is 0. The Hall–Kier alpha value is -0.860. The Balaban J connectivity index is 2.09. The highest BCUT2D eigenvalue weighted by atomic mass is 16.5. The molecule has 2 aliphatic carbocycles. The van der Waals surface area contributed by atoms with Crippen molar-refractivity contribution in [2.24, 2.45) is 16.7 Å². The van der Waals surface area contributed by atoms with Crippen molar-refractivity contribution in [1.82, 2.24) is 0 Å². The van der Waals surface area contributed by atoms with Crippen molar-refractivity contribution in [3.05, 3.63) is 0 Å². The zero-order valence-corrected chi connectivity index (χ0v) is 11.8. The highest BCUT2D eigenvalue weighted by molar-refractivity contribution is 6.05. The Morgan fingerprint density at radius 3 is 2.22 bits per heavy atom. The highest BCUT2D eigenvalue weighted by Gasteiger charge is 2.64. The number of carbonyl (C=O) groups excluding carboxylic acids is 2. The van der Waals surface area contributed by atoms with E-state index in [0.717, 1.165) is 12.8 Å². The number of carbonyl (C=O) groups is 2. The molecule has 0 N–H and O–H groups in total. The van der Waals surface area contributed by atoms with Gasteiger partial charge in [0, 0.05) is 6.42 Å². The van der Waals surface area contributed by atoms with Crippen molar-refractivity contribution in [2.45, 2.75) is 59.3 Å². The minimum Gasteiger partial charge on any atom is -0.465 e. The van der Waals surface area contributed by atoms with Crippen molar-refractivity contribution in [2.75, 3.05) is 6.61 Å². The lowest BCUT2D eigenvalue weighted by atomic mass is 9.44. The molecule has 0 saturated heterocycles. The molecule has 2 saturated carbocycles. The topological polar surface area (TPSA) is 43.4 Å². The SMILES string of the molecule is CCOC(=O)C1(C(=O)CC(C)C)CC2(CCC2)C1. The number of rotatable bonds is 5. The molecule has 0 atom stereocenters. The van der Waals surface area contributed by atoms with Crippen LogP contribution in [0.1, 0.15) is 59.3 Å². The normalized spacial score (nSPS) is 23.3. The van der Waals surface area contributed by atoms with Crippen LogP contribution in [0.3, 0.4) is 0 Å². The van der Waals surface area contributed by atoms with E-state index in [9.17, 15) is 9.59 Å². The van der Waals surface area contributed by atoms with Crippen LogP contribution in [-0.2, 0) is 14.3 Å². The summed E-state index contributed by atoms with van der Waals surface area (Å²) in [4.78, 5) is 24.6. The molecule has 18 heavy (non-hydrogen) atoms. The summed E-state index contributed by atoms with van der Waals surface area (Å²) in [6.45, 7) is 6.21. The Labute approximate surface area is 109 Å². The Bertz CT molecular complexity index is 345. The van der Waals surface area contributed by atoms with Crippen molar-refractivity contribution < 1.29 is 14.3 Å². The average molecular weight is 252 g/mol. The number of esters is 1. The van der Waals surface area contributed by atoms with Gasteiger partial charge in [-0.1, -0.05) is 20.3 Å². The Kier molecular flexibility index (Phi) is 3.52. The fourth-order valence-corrected chi connectivity index (χ4v) is 3.55. The zero-order valence-electron chi connectivity index (χ0n) is 11.8. The van der Waals surface area contributed by atoms with Gasteiger partial charge in [0.2, 0.25) is 0 Å². The van der Waals surface area contributed by atoms with Crippen LogP contribution in [0, 0.1) is 16.7 Å². The van der Waals surface area contributed by atoms with Crippen LogP contribution >= 0.6 is 0 Å². The molecule has 3 heteroatoms. The van der Waals surface area contributed by atoms with E-state index < -0.39 is 5.41 Å². The van der Waals surface area contributed by atoms with Crippen molar-refractivity contribution in [1.29, 1.82) is 0 Å². The quantitative estimate of drug-likeness (QED) is 0.558. The minimum atomic E-state index is -0.791. The first kappa shape index (κ1) is 13.6. The van der Waals surface area contributed by atoms with Crippen LogP contribution in [0.5, 0.6) is 0 Å². The summed E-state index contributed by atoms with van der Waals surface area (Å²) in [6.07, 6.45) is 5.59. The van der Waals surface area contributed by atoms with Gasteiger partial charge in [0.1, 0.15) is 11.2 Å². The summed E-state index contributed by atoms with van der Waals surface area (Å²) < 4.78 is 5.15. The van der Waals surface area contributed by atoms with E-state index in [1.807, 2.05) is 13.8 Å². The number of hydrogen-bond acceptors (Lipinski definition) is 3. The highest BCUT2D eigenvalue weighted by Crippen LogP contribution is 2.65. The molecule has 0 amide bonds. The molecule has 102 valence electrons. The molecule has 2 fully saturated rings. The molecular formula is C15H24O3. The molecule has 2 rings (SSSR count). The molecule has 0 aromatic rings. The van der Waals surface area contributed by atoms with Gasteiger partial charge in [-0.25, -0.2) is 0 Å². The van der Waals surface area contributed by atoms with Crippen molar-refractivity contribution in [3.8, 4) is 0 Å². The Morgan fingerprint density at radius 2 is 1.83 bits per heavy atom. The summed E-state index contributed by atoms with van der Waals surface area (Å²) in [6, 6.07) is 0. The second-order valence-electron chi connectivity index (χ2n) is 6.53. The van der Waals surface area contributed by atoms with E-state index in [2.05, 4.69) is 0 Å². The second-order valence-corrected chi connectivity index (χ2v) is 6.53. The van der Waals surface area contributed by atoms with Gasteiger partial charge in [0.15, 0.2) is 0 Å². The summed E-state index contributed by atoms with van der Waals surface area (Å²) in [5, 5.41) is 0. The first-order valence-corrected chi connectivity index (χ1v) is 7.15. The summed E-state index contributed by atoms with van der Waals surface area (Å²) in [5.74, 6) is 0.142. The molecular weight excluding hydrogens is 228 g/mol. The number of ether oxygens (including phenoxy) is 1. The molecule has 1 spiro atoms. The molecule has 0 aromatic carbocycles.